The largest absolute Gasteiger partial charge is 0.491 e. The van der Waals surface area contributed by atoms with Crippen LogP contribution in [0.15, 0.2) is 42.5 Å². The van der Waals surface area contributed by atoms with Crippen LogP contribution < -0.4 is 4.74 Å². The highest BCUT2D eigenvalue weighted by molar-refractivity contribution is 6.33. The number of nitrogens with zero attached hydrogens (tertiary/aromatic N) is 2. The summed E-state index contributed by atoms with van der Waals surface area (Å²) in [6, 6.07) is 13.0. The molecule has 6 nitrogen and oxygen atoms in total. The molecule has 0 fully saturated rings. The quantitative estimate of drug-likeness (QED) is 0.617. The monoisotopic (exact) mass is 411 g/mol. The Morgan fingerprint density at radius 1 is 1.24 bits per heavy atom. The summed E-state index contributed by atoms with van der Waals surface area (Å²) in [5, 5.41) is 21.1. The zero-order valence-corrected chi connectivity index (χ0v) is 16.6. The van der Waals surface area contributed by atoms with Crippen LogP contribution in [0.3, 0.4) is 0 Å². The summed E-state index contributed by atoms with van der Waals surface area (Å²) in [5.74, 6) is 1.46. The number of imidazole rings is 1. The van der Waals surface area contributed by atoms with Gasteiger partial charge in [0.05, 0.1) is 29.1 Å². The van der Waals surface area contributed by atoms with Crippen LogP contribution in [0.2, 0.25) is 5.02 Å². The Hall–Kier alpha value is -2.38. The molecule has 0 radical (unpaired) electrons. The summed E-state index contributed by atoms with van der Waals surface area (Å²) in [4.78, 5) is 10.4. The van der Waals surface area contributed by atoms with Crippen molar-refractivity contribution in [2.75, 3.05) is 13.2 Å². The van der Waals surface area contributed by atoms with E-state index in [2.05, 4.69) is 9.88 Å². The van der Waals surface area contributed by atoms with Crippen molar-refractivity contribution in [2.24, 2.45) is 0 Å². The van der Waals surface area contributed by atoms with Gasteiger partial charge in [-0.2, -0.15) is 0 Å². The number of H-pyrrole nitrogens is 1. The average Bonchev–Trinajstić information content (AvgIpc) is 3.17. The van der Waals surface area contributed by atoms with Crippen LogP contribution in [0.1, 0.15) is 28.6 Å². The molecule has 150 valence electrons. The Morgan fingerprint density at radius 2 is 2.10 bits per heavy atom. The number of nitrogens with one attached hydrogen (secondary N) is 1. The highest BCUT2D eigenvalue weighted by Crippen LogP contribution is 2.37. The van der Waals surface area contributed by atoms with Crippen molar-refractivity contribution in [1.29, 1.82) is 0 Å². The van der Waals surface area contributed by atoms with Crippen LogP contribution in [0.25, 0.3) is 11.4 Å². The van der Waals surface area contributed by atoms with E-state index in [0.29, 0.717) is 23.9 Å². The van der Waals surface area contributed by atoms with E-state index >= 15 is 0 Å². The van der Waals surface area contributed by atoms with Crippen molar-refractivity contribution in [3.63, 3.8) is 0 Å². The number of aliphatic hydroxyl groups excluding tert-OH is 2. The summed E-state index contributed by atoms with van der Waals surface area (Å²) in [7, 11) is 0. The Labute approximate surface area is 173 Å². The van der Waals surface area contributed by atoms with E-state index in [1.807, 2.05) is 42.5 Å². The number of aliphatic hydroxyl groups is 2. The fraction of sp³-hybridized carbons (Fsp3) is 0.318. The number of ether oxygens (including phenoxy) is 1. The first kappa shape index (κ1) is 18.6. The van der Waals surface area contributed by atoms with Gasteiger partial charge in [-0.05, 0) is 29.8 Å². The van der Waals surface area contributed by atoms with Crippen molar-refractivity contribution >= 4 is 11.6 Å². The lowest BCUT2D eigenvalue weighted by atomic mass is 9.95. The molecule has 1 aromatic heterocycles. The molecule has 0 saturated heterocycles. The normalized spacial score (nSPS) is 21.3. The Balaban J connectivity index is 1.39. The summed E-state index contributed by atoms with van der Waals surface area (Å²) in [6.45, 7) is 1.82. The molecule has 3 N–H and O–H groups in total. The van der Waals surface area contributed by atoms with Gasteiger partial charge in [0.15, 0.2) is 0 Å². The molecular formula is C22H22ClN3O3. The van der Waals surface area contributed by atoms with Crippen molar-refractivity contribution < 1.29 is 14.9 Å². The first-order valence-electron chi connectivity index (χ1n) is 9.75. The molecule has 0 bridgehead atoms. The number of benzene rings is 2. The average molecular weight is 412 g/mol. The first-order valence-corrected chi connectivity index (χ1v) is 10.1. The molecule has 2 aliphatic rings. The molecule has 2 aromatic carbocycles. The van der Waals surface area contributed by atoms with Gasteiger partial charge in [0, 0.05) is 30.6 Å². The van der Waals surface area contributed by atoms with E-state index in [-0.39, 0.29) is 12.6 Å². The fourth-order valence-electron chi connectivity index (χ4n) is 4.22. The minimum Gasteiger partial charge on any atom is -0.491 e. The summed E-state index contributed by atoms with van der Waals surface area (Å²) < 4.78 is 5.91. The molecule has 3 aromatic rings. The van der Waals surface area contributed by atoms with Crippen LogP contribution in [0, 0.1) is 0 Å². The summed E-state index contributed by atoms with van der Waals surface area (Å²) >= 11 is 6.33. The van der Waals surface area contributed by atoms with E-state index in [0.717, 1.165) is 46.9 Å². The van der Waals surface area contributed by atoms with E-state index < -0.39 is 6.10 Å². The van der Waals surface area contributed by atoms with Crippen molar-refractivity contribution in [3.05, 3.63) is 70.0 Å². The smallest absolute Gasteiger partial charge is 0.139 e. The first-order chi connectivity index (χ1) is 14.1. The van der Waals surface area contributed by atoms with Gasteiger partial charge in [-0.25, -0.2) is 4.98 Å². The molecule has 0 amide bonds. The fourth-order valence-corrected chi connectivity index (χ4v) is 4.44. The van der Waals surface area contributed by atoms with Gasteiger partial charge in [0.2, 0.25) is 0 Å². The van der Waals surface area contributed by atoms with Gasteiger partial charge < -0.3 is 19.9 Å². The maximum absolute atomic E-state index is 11.0. The lowest BCUT2D eigenvalue weighted by Crippen LogP contribution is -2.48. The van der Waals surface area contributed by atoms with Gasteiger partial charge in [0.25, 0.3) is 0 Å². The lowest BCUT2D eigenvalue weighted by molar-refractivity contribution is -0.00362. The number of aromatic nitrogens is 2. The topological polar surface area (TPSA) is 81.6 Å². The van der Waals surface area contributed by atoms with E-state index in [4.69, 9.17) is 21.3 Å². The van der Waals surface area contributed by atoms with Crippen LogP contribution >= 0.6 is 11.6 Å². The summed E-state index contributed by atoms with van der Waals surface area (Å²) in [6.07, 6.45) is 0.126. The number of hydrogen-bond donors (Lipinski definition) is 3. The van der Waals surface area contributed by atoms with Gasteiger partial charge >= 0.3 is 0 Å². The number of hydrogen-bond acceptors (Lipinski definition) is 5. The third kappa shape index (κ3) is 3.32. The van der Waals surface area contributed by atoms with Crippen LogP contribution in [0.5, 0.6) is 5.75 Å². The zero-order chi connectivity index (χ0) is 20.0. The summed E-state index contributed by atoms with van der Waals surface area (Å²) in [5.41, 5.74) is 4.49. The number of halogens is 1. The second-order valence-electron chi connectivity index (χ2n) is 7.56. The third-order valence-electron chi connectivity index (χ3n) is 5.81. The minimum absolute atomic E-state index is 0.0588. The molecule has 2 atom stereocenters. The molecule has 7 heteroatoms. The molecule has 3 heterocycles. The second kappa shape index (κ2) is 7.46. The third-order valence-corrected chi connectivity index (χ3v) is 6.14. The number of aromatic amines is 1. The maximum Gasteiger partial charge on any atom is 0.139 e. The Kier molecular flexibility index (Phi) is 4.80. The second-order valence-corrected chi connectivity index (χ2v) is 7.97. The predicted octanol–water partition coefficient (Wildman–Crippen LogP) is 3.08. The van der Waals surface area contributed by atoms with Crippen molar-refractivity contribution in [2.45, 2.75) is 31.7 Å². The molecule has 0 aliphatic carbocycles. The van der Waals surface area contributed by atoms with E-state index in [1.165, 1.54) is 0 Å². The molecule has 0 spiro atoms. The van der Waals surface area contributed by atoms with Crippen LogP contribution in [-0.2, 0) is 19.6 Å². The molecule has 2 aliphatic heterocycles. The van der Waals surface area contributed by atoms with Crippen LogP contribution in [-0.4, -0.2) is 44.3 Å². The lowest BCUT2D eigenvalue weighted by Gasteiger charge is -2.39. The number of rotatable bonds is 3. The molecule has 29 heavy (non-hydrogen) atoms. The minimum atomic E-state index is -0.669. The standard InChI is InChI=1S/C22H22ClN3O3/c23-16-4-2-1-3-14(16)22-24-17-7-8-26(10-18(17)25-22)19-12-29-20-6-5-13(11-27)9-15(20)21(19)28/h1-6,9,19,21,27-28H,7-8,10-12H2,(H,24,25)/t19-,21+/m1/s1. The van der Waals surface area contributed by atoms with Gasteiger partial charge in [-0.3, -0.25) is 4.90 Å². The van der Waals surface area contributed by atoms with Crippen molar-refractivity contribution in [1.82, 2.24) is 14.9 Å². The predicted molar refractivity (Wildman–Crippen MR) is 110 cm³/mol. The van der Waals surface area contributed by atoms with E-state index in [9.17, 15) is 10.2 Å². The molecule has 0 saturated carbocycles. The molecular weight excluding hydrogens is 390 g/mol. The maximum atomic E-state index is 11.0. The van der Waals surface area contributed by atoms with Crippen molar-refractivity contribution in [3.8, 4) is 17.1 Å². The molecule has 5 rings (SSSR count). The van der Waals surface area contributed by atoms with Crippen LogP contribution in [0.4, 0.5) is 0 Å². The van der Waals surface area contributed by atoms with Gasteiger partial charge in [-0.1, -0.05) is 29.8 Å². The number of fused-ring (bicyclic) bond motifs is 2. The van der Waals surface area contributed by atoms with Gasteiger partial charge in [0.1, 0.15) is 24.3 Å². The Bertz CT molecular complexity index is 1050. The highest BCUT2D eigenvalue weighted by Gasteiger charge is 2.36. The van der Waals surface area contributed by atoms with E-state index in [1.54, 1.807) is 0 Å². The molecule has 0 unspecified atom stereocenters. The Morgan fingerprint density at radius 3 is 2.93 bits per heavy atom. The SMILES string of the molecule is OCc1ccc2c(c1)[C@H](O)[C@H](N1CCc3nc(-c4ccccc4Cl)[nH]c3C1)CO2. The highest BCUT2D eigenvalue weighted by atomic mass is 35.5. The zero-order valence-electron chi connectivity index (χ0n) is 15.8. The van der Waals surface area contributed by atoms with Gasteiger partial charge in [-0.15, -0.1) is 0 Å².